The number of ether oxygens (including phenoxy) is 1. The van der Waals surface area contributed by atoms with Crippen LogP contribution in [0.1, 0.15) is 12.5 Å². The summed E-state index contributed by atoms with van der Waals surface area (Å²) in [6.45, 7) is 1.80. The highest BCUT2D eigenvalue weighted by molar-refractivity contribution is 8.18. The minimum Gasteiger partial charge on any atom is -0.504 e. The summed E-state index contributed by atoms with van der Waals surface area (Å²) in [6.07, 6.45) is 1.53. The maximum Gasteiger partial charge on any atom is 0.294 e. The first-order valence-electron chi connectivity index (χ1n) is 8.54. The second-order valence-electron chi connectivity index (χ2n) is 5.84. The van der Waals surface area contributed by atoms with Crippen LogP contribution in [0.4, 0.5) is 10.5 Å². The van der Waals surface area contributed by atoms with Gasteiger partial charge in [-0.3, -0.25) is 19.3 Å². The molecule has 2 aromatic rings. The Hall–Kier alpha value is -3.26. The number of carbonyl (C=O) groups excluding carboxylic acids is 3. The molecule has 0 spiro atoms. The Morgan fingerprint density at radius 2 is 1.96 bits per heavy atom. The number of anilines is 1. The fraction of sp³-hybridized carbons (Fsp3) is 0.150. The van der Waals surface area contributed by atoms with E-state index < -0.39 is 17.1 Å². The summed E-state index contributed by atoms with van der Waals surface area (Å²) in [4.78, 5) is 38.0. The molecule has 0 aromatic heterocycles. The molecular weight excluding hydrogens is 380 g/mol. The number of amides is 3. The summed E-state index contributed by atoms with van der Waals surface area (Å²) in [7, 11) is 0. The van der Waals surface area contributed by atoms with Gasteiger partial charge in [0.15, 0.2) is 11.5 Å². The van der Waals surface area contributed by atoms with Gasteiger partial charge in [-0.2, -0.15) is 0 Å². The molecule has 3 rings (SSSR count). The van der Waals surface area contributed by atoms with Crippen molar-refractivity contribution >= 4 is 40.6 Å². The van der Waals surface area contributed by atoms with Gasteiger partial charge in [0.2, 0.25) is 5.91 Å². The summed E-state index contributed by atoms with van der Waals surface area (Å²) in [5.74, 6) is -0.718. The van der Waals surface area contributed by atoms with E-state index in [4.69, 9.17) is 4.74 Å². The molecule has 0 radical (unpaired) electrons. The predicted molar refractivity (Wildman–Crippen MR) is 107 cm³/mol. The van der Waals surface area contributed by atoms with Gasteiger partial charge in [-0.15, -0.1) is 0 Å². The largest absolute Gasteiger partial charge is 0.504 e. The molecule has 8 heteroatoms. The van der Waals surface area contributed by atoms with Crippen LogP contribution in [-0.2, 0) is 9.59 Å². The Kier molecular flexibility index (Phi) is 6.00. The molecule has 1 saturated heterocycles. The van der Waals surface area contributed by atoms with E-state index in [1.165, 1.54) is 12.1 Å². The highest BCUT2D eigenvalue weighted by atomic mass is 32.2. The molecular formula is C20H18N2O5S. The smallest absolute Gasteiger partial charge is 0.294 e. The van der Waals surface area contributed by atoms with Crippen molar-refractivity contribution < 1.29 is 24.2 Å². The van der Waals surface area contributed by atoms with Crippen LogP contribution < -0.4 is 10.1 Å². The summed E-state index contributed by atoms with van der Waals surface area (Å²) in [5.41, 5.74) is 1.18. The lowest BCUT2D eigenvalue weighted by Crippen LogP contribution is -2.36. The number of para-hydroxylation sites is 1. The molecule has 0 aliphatic carbocycles. The zero-order valence-corrected chi connectivity index (χ0v) is 15.9. The third-order valence-electron chi connectivity index (χ3n) is 3.81. The molecule has 0 unspecified atom stereocenters. The molecule has 7 nitrogen and oxygen atoms in total. The van der Waals surface area contributed by atoms with Crippen LogP contribution in [0.2, 0.25) is 0 Å². The lowest BCUT2D eigenvalue weighted by molar-refractivity contribution is -0.127. The monoisotopic (exact) mass is 398 g/mol. The van der Waals surface area contributed by atoms with Crippen LogP contribution >= 0.6 is 11.8 Å². The predicted octanol–water partition coefficient (Wildman–Crippen LogP) is 3.47. The minimum atomic E-state index is -0.538. The van der Waals surface area contributed by atoms with Crippen LogP contribution in [0.25, 0.3) is 6.08 Å². The zero-order chi connectivity index (χ0) is 20.1. The first-order valence-corrected chi connectivity index (χ1v) is 9.35. The molecule has 2 aromatic carbocycles. The van der Waals surface area contributed by atoms with Gasteiger partial charge in [-0.05, 0) is 54.6 Å². The third kappa shape index (κ3) is 4.52. The Balaban J connectivity index is 1.71. The molecule has 0 bridgehead atoms. The first kappa shape index (κ1) is 19.5. The van der Waals surface area contributed by atoms with Crippen molar-refractivity contribution in [3.05, 3.63) is 59.0 Å². The number of phenolic OH excluding ortho intramolecular Hbond substituents is 1. The maximum absolute atomic E-state index is 12.5. The average Bonchev–Trinajstić information content (AvgIpc) is 2.93. The highest BCUT2D eigenvalue weighted by Crippen LogP contribution is 2.34. The van der Waals surface area contributed by atoms with Crippen LogP contribution in [0.3, 0.4) is 0 Å². The summed E-state index contributed by atoms with van der Waals surface area (Å²) < 4.78 is 5.32. The maximum atomic E-state index is 12.5. The zero-order valence-electron chi connectivity index (χ0n) is 15.0. The van der Waals surface area contributed by atoms with E-state index in [2.05, 4.69) is 5.32 Å². The quantitative estimate of drug-likeness (QED) is 0.724. The van der Waals surface area contributed by atoms with Crippen LogP contribution in [-0.4, -0.2) is 40.2 Å². The second-order valence-corrected chi connectivity index (χ2v) is 6.84. The topological polar surface area (TPSA) is 95.9 Å². The standard InChI is InChI=1S/C20H18N2O5S/c1-2-27-16-10-13(8-9-15(16)23)11-17-19(25)22(20(26)28-17)12-18(24)21-14-6-4-3-5-7-14/h3-11,23H,2,12H2,1H3,(H,21,24). The SMILES string of the molecule is CCOc1cc(C=C2SC(=O)N(CC(=O)Nc3ccccc3)C2=O)ccc1O. The van der Waals surface area contributed by atoms with Crippen molar-refractivity contribution in [2.24, 2.45) is 0 Å². The fourth-order valence-corrected chi connectivity index (χ4v) is 3.38. The average molecular weight is 398 g/mol. The molecule has 1 aliphatic rings. The minimum absolute atomic E-state index is 0.00955. The number of phenols is 1. The number of nitrogens with one attached hydrogen (secondary N) is 1. The van der Waals surface area contributed by atoms with E-state index in [0.29, 0.717) is 17.9 Å². The van der Waals surface area contributed by atoms with E-state index in [-0.39, 0.29) is 22.9 Å². The van der Waals surface area contributed by atoms with Gasteiger partial charge >= 0.3 is 0 Å². The van der Waals surface area contributed by atoms with Gasteiger partial charge in [0, 0.05) is 5.69 Å². The van der Waals surface area contributed by atoms with Crippen molar-refractivity contribution in [3.8, 4) is 11.5 Å². The van der Waals surface area contributed by atoms with E-state index in [1.807, 2.05) is 6.07 Å². The Morgan fingerprint density at radius 1 is 1.21 bits per heavy atom. The molecule has 144 valence electrons. The van der Waals surface area contributed by atoms with Gasteiger partial charge in [-0.1, -0.05) is 24.3 Å². The van der Waals surface area contributed by atoms with Crippen molar-refractivity contribution in [1.82, 2.24) is 4.90 Å². The lowest BCUT2D eigenvalue weighted by Gasteiger charge is -2.12. The molecule has 1 heterocycles. The van der Waals surface area contributed by atoms with Gasteiger partial charge in [0.25, 0.3) is 11.1 Å². The number of thioether (sulfide) groups is 1. The number of imide groups is 1. The number of aromatic hydroxyl groups is 1. The molecule has 3 amide bonds. The Morgan fingerprint density at radius 3 is 2.68 bits per heavy atom. The van der Waals surface area contributed by atoms with Crippen molar-refractivity contribution in [1.29, 1.82) is 0 Å². The second kappa shape index (κ2) is 8.62. The van der Waals surface area contributed by atoms with E-state index in [1.54, 1.807) is 43.3 Å². The Bertz CT molecular complexity index is 943. The molecule has 1 fully saturated rings. The number of nitrogens with zero attached hydrogens (tertiary/aromatic N) is 1. The van der Waals surface area contributed by atoms with Crippen LogP contribution in [0.15, 0.2) is 53.4 Å². The van der Waals surface area contributed by atoms with Gasteiger partial charge in [-0.25, -0.2) is 0 Å². The molecule has 0 saturated carbocycles. The summed E-state index contributed by atoms with van der Waals surface area (Å²) in [5, 5.41) is 11.9. The van der Waals surface area contributed by atoms with Gasteiger partial charge in [0.1, 0.15) is 6.54 Å². The molecule has 2 N–H and O–H groups in total. The third-order valence-corrected chi connectivity index (χ3v) is 4.72. The number of rotatable bonds is 6. The molecule has 28 heavy (non-hydrogen) atoms. The van der Waals surface area contributed by atoms with E-state index in [9.17, 15) is 19.5 Å². The Labute approximate surface area is 166 Å². The van der Waals surface area contributed by atoms with Gasteiger partial charge < -0.3 is 15.2 Å². The van der Waals surface area contributed by atoms with Crippen molar-refractivity contribution in [2.45, 2.75) is 6.92 Å². The van der Waals surface area contributed by atoms with Crippen LogP contribution in [0, 0.1) is 0 Å². The normalized spacial score (nSPS) is 15.2. The summed E-state index contributed by atoms with van der Waals surface area (Å²) >= 11 is 0.764. The van der Waals surface area contributed by atoms with Crippen molar-refractivity contribution in [3.63, 3.8) is 0 Å². The number of benzene rings is 2. The summed E-state index contributed by atoms with van der Waals surface area (Å²) in [6, 6.07) is 13.4. The number of hydrogen-bond donors (Lipinski definition) is 2. The lowest BCUT2D eigenvalue weighted by atomic mass is 10.2. The number of hydrogen-bond acceptors (Lipinski definition) is 6. The molecule has 0 atom stereocenters. The van der Waals surface area contributed by atoms with Crippen LogP contribution in [0.5, 0.6) is 11.5 Å². The van der Waals surface area contributed by atoms with Gasteiger partial charge in [0.05, 0.1) is 11.5 Å². The van der Waals surface area contributed by atoms with E-state index >= 15 is 0 Å². The van der Waals surface area contributed by atoms with Crippen molar-refractivity contribution in [2.75, 3.05) is 18.5 Å². The molecule has 1 aliphatic heterocycles. The van der Waals surface area contributed by atoms with E-state index in [0.717, 1.165) is 16.7 Å². The number of carbonyl (C=O) groups is 3. The first-order chi connectivity index (χ1) is 13.5. The highest BCUT2D eigenvalue weighted by Gasteiger charge is 2.36. The fourth-order valence-electron chi connectivity index (χ4n) is 2.54.